The maximum Gasteiger partial charge on any atom is 0.573 e. The van der Waals surface area contributed by atoms with E-state index in [0.29, 0.717) is 29.5 Å². The van der Waals surface area contributed by atoms with Crippen molar-refractivity contribution in [3.63, 3.8) is 0 Å². The lowest BCUT2D eigenvalue weighted by Crippen LogP contribution is -2.27. The van der Waals surface area contributed by atoms with Crippen LogP contribution in [-0.4, -0.2) is 63.9 Å². The molecule has 1 aromatic carbocycles. The molecule has 0 aliphatic carbocycles. The number of H-pyrrole nitrogens is 1. The molecule has 5 rings (SSSR count). The normalized spacial score (nSPS) is 16.0. The molecule has 40 heavy (non-hydrogen) atoms. The van der Waals surface area contributed by atoms with Crippen LogP contribution in [0.4, 0.5) is 30.6 Å². The first-order valence-electron chi connectivity index (χ1n) is 12.0. The molecular formula is C25H22F3N9O3. The molecule has 0 radical (unpaired) electrons. The Hall–Kier alpha value is -4.97. The fraction of sp³-hybridized carbons (Fsp3) is 0.280. The highest BCUT2D eigenvalue weighted by molar-refractivity contribution is 5.94. The Morgan fingerprint density at radius 2 is 1.95 bits per heavy atom. The summed E-state index contributed by atoms with van der Waals surface area (Å²) in [4.78, 5) is 17.7. The molecule has 4 aromatic rings. The molecule has 2 atom stereocenters. The highest BCUT2D eigenvalue weighted by Gasteiger charge is 2.32. The third-order valence-corrected chi connectivity index (χ3v) is 6.13. The van der Waals surface area contributed by atoms with Gasteiger partial charge in [-0.2, -0.15) is 5.26 Å². The van der Waals surface area contributed by atoms with Gasteiger partial charge in [-0.3, -0.25) is 4.79 Å². The first-order chi connectivity index (χ1) is 19.2. The molecule has 1 aliphatic heterocycles. The molecule has 15 heteroatoms. The predicted molar refractivity (Wildman–Crippen MR) is 136 cm³/mol. The highest BCUT2D eigenvalue weighted by Crippen LogP contribution is 2.28. The molecule has 0 spiro atoms. The number of benzene rings is 1. The minimum Gasteiger partial charge on any atom is -0.406 e. The summed E-state index contributed by atoms with van der Waals surface area (Å²) < 4.78 is 46.8. The number of nitriles is 1. The van der Waals surface area contributed by atoms with E-state index in [1.54, 1.807) is 18.2 Å². The SMILES string of the molecule is CO[C@@H](C(=O)Nc1ccc(N[C@@H]2CCN(c3cc4cc(C#N)[nH]c4nn3)C2)nn1)c1cccc(OC(F)(F)F)c1. The van der Waals surface area contributed by atoms with Gasteiger partial charge in [0.15, 0.2) is 23.4 Å². The van der Waals surface area contributed by atoms with Crippen LogP contribution in [0.15, 0.2) is 48.5 Å². The van der Waals surface area contributed by atoms with Crippen LogP contribution in [0.25, 0.3) is 11.0 Å². The molecule has 1 fully saturated rings. The zero-order valence-electron chi connectivity index (χ0n) is 20.9. The number of rotatable bonds is 8. The van der Waals surface area contributed by atoms with Crippen LogP contribution in [-0.2, 0) is 9.53 Å². The summed E-state index contributed by atoms with van der Waals surface area (Å²) >= 11 is 0. The number of fused-ring (bicyclic) bond motifs is 1. The molecule has 1 amide bonds. The number of halogens is 3. The van der Waals surface area contributed by atoms with Crippen molar-refractivity contribution < 1.29 is 27.4 Å². The maximum atomic E-state index is 12.8. The standard InChI is InChI=1S/C25H22F3N9O3/c1-39-22(14-3-2-4-18(10-14)40-25(26,27)28)24(38)32-20-6-5-19(33-34-20)30-16-7-8-37(13-16)21-11-15-9-17(12-29)31-23(15)36-35-21/h2-6,9-11,16,22H,7-8,13H2,1H3,(H,30,33)(H,31,36)(H,32,34,38)/t16-,22-/m1/s1. The van der Waals surface area contributed by atoms with Crippen LogP contribution < -0.4 is 20.3 Å². The predicted octanol–water partition coefficient (Wildman–Crippen LogP) is 3.54. The van der Waals surface area contributed by atoms with Crippen LogP contribution >= 0.6 is 0 Å². The van der Waals surface area contributed by atoms with Crippen LogP contribution in [0, 0.1) is 11.3 Å². The molecule has 1 saturated heterocycles. The van der Waals surface area contributed by atoms with Crippen molar-refractivity contribution in [1.82, 2.24) is 25.4 Å². The second kappa shape index (κ2) is 11.0. The van der Waals surface area contributed by atoms with E-state index in [1.165, 1.54) is 19.2 Å². The van der Waals surface area contributed by atoms with E-state index in [4.69, 9.17) is 10.00 Å². The zero-order valence-corrected chi connectivity index (χ0v) is 20.9. The van der Waals surface area contributed by atoms with Crippen molar-refractivity contribution in [2.45, 2.75) is 24.9 Å². The van der Waals surface area contributed by atoms with Gasteiger partial charge in [-0.05, 0) is 48.4 Å². The number of carbonyl (C=O) groups is 1. The minimum absolute atomic E-state index is 0.0530. The molecule has 0 bridgehead atoms. The molecule has 3 aromatic heterocycles. The van der Waals surface area contributed by atoms with E-state index >= 15 is 0 Å². The third kappa shape index (κ3) is 6.18. The number of amides is 1. The number of nitrogens with zero attached hydrogens (tertiary/aromatic N) is 6. The quantitative estimate of drug-likeness (QED) is 0.295. The molecule has 206 valence electrons. The summed E-state index contributed by atoms with van der Waals surface area (Å²) in [6.07, 6.45) is -5.26. The summed E-state index contributed by atoms with van der Waals surface area (Å²) in [5, 5.41) is 32.3. The first kappa shape index (κ1) is 26.6. The van der Waals surface area contributed by atoms with Crippen LogP contribution in [0.1, 0.15) is 23.8 Å². The molecule has 12 nitrogen and oxygen atoms in total. The molecule has 0 unspecified atom stereocenters. The average molecular weight is 554 g/mol. The largest absolute Gasteiger partial charge is 0.573 e. The van der Waals surface area contributed by atoms with Gasteiger partial charge >= 0.3 is 6.36 Å². The second-order valence-electron chi connectivity index (χ2n) is 8.91. The number of hydrogen-bond donors (Lipinski definition) is 3. The van der Waals surface area contributed by atoms with Crippen molar-refractivity contribution in [2.24, 2.45) is 0 Å². The second-order valence-corrected chi connectivity index (χ2v) is 8.91. The summed E-state index contributed by atoms with van der Waals surface area (Å²) in [7, 11) is 1.26. The van der Waals surface area contributed by atoms with E-state index in [-0.39, 0.29) is 17.4 Å². The zero-order chi connectivity index (χ0) is 28.3. The van der Waals surface area contributed by atoms with Gasteiger partial charge in [0.1, 0.15) is 23.3 Å². The van der Waals surface area contributed by atoms with Gasteiger partial charge in [0, 0.05) is 31.6 Å². The summed E-state index contributed by atoms with van der Waals surface area (Å²) in [5.74, 6) is 0.227. The minimum atomic E-state index is -4.86. The summed E-state index contributed by atoms with van der Waals surface area (Å²) in [6.45, 7) is 1.38. The molecule has 0 saturated carbocycles. The number of methoxy groups -OCH3 is 1. The monoisotopic (exact) mass is 553 g/mol. The van der Waals surface area contributed by atoms with Crippen molar-refractivity contribution in [3.8, 4) is 11.8 Å². The van der Waals surface area contributed by atoms with Crippen molar-refractivity contribution in [3.05, 3.63) is 59.8 Å². The lowest BCUT2D eigenvalue weighted by Gasteiger charge is -2.18. The van der Waals surface area contributed by atoms with Crippen LogP contribution in [0.3, 0.4) is 0 Å². The topological polar surface area (TPSA) is 154 Å². The van der Waals surface area contributed by atoms with E-state index < -0.39 is 24.1 Å². The number of aromatic amines is 1. The Labute approximate surface area is 225 Å². The molecule has 1 aliphatic rings. The van der Waals surface area contributed by atoms with Crippen molar-refractivity contribution >= 4 is 34.4 Å². The van der Waals surface area contributed by atoms with E-state index in [1.807, 2.05) is 6.07 Å². The first-order valence-corrected chi connectivity index (χ1v) is 12.0. The maximum absolute atomic E-state index is 12.8. The average Bonchev–Trinajstić information content (AvgIpc) is 3.56. The Morgan fingerprint density at radius 3 is 2.67 bits per heavy atom. The Balaban J connectivity index is 1.17. The van der Waals surface area contributed by atoms with Gasteiger partial charge in [-0.1, -0.05) is 12.1 Å². The fourth-order valence-corrected chi connectivity index (χ4v) is 4.37. The van der Waals surface area contributed by atoms with Crippen molar-refractivity contribution in [2.75, 3.05) is 35.7 Å². The summed E-state index contributed by atoms with van der Waals surface area (Å²) in [5.41, 5.74) is 1.14. The Bertz CT molecular complexity index is 1550. The van der Waals surface area contributed by atoms with Gasteiger partial charge in [-0.15, -0.1) is 33.6 Å². The number of anilines is 3. The number of alkyl halides is 3. The smallest absolute Gasteiger partial charge is 0.406 e. The van der Waals surface area contributed by atoms with E-state index in [0.717, 1.165) is 30.5 Å². The molecule has 4 heterocycles. The van der Waals surface area contributed by atoms with Gasteiger partial charge in [0.05, 0.1) is 0 Å². The molecular weight excluding hydrogens is 531 g/mol. The van der Waals surface area contributed by atoms with Crippen molar-refractivity contribution in [1.29, 1.82) is 5.26 Å². The number of hydrogen-bond acceptors (Lipinski definition) is 10. The van der Waals surface area contributed by atoms with Gasteiger partial charge in [0.2, 0.25) is 0 Å². The van der Waals surface area contributed by atoms with Crippen LogP contribution in [0.5, 0.6) is 5.75 Å². The van der Waals surface area contributed by atoms with Crippen LogP contribution in [0.2, 0.25) is 0 Å². The number of aromatic nitrogens is 5. The highest BCUT2D eigenvalue weighted by atomic mass is 19.4. The van der Waals surface area contributed by atoms with E-state index in [2.05, 4.69) is 51.7 Å². The summed E-state index contributed by atoms with van der Waals surface area (Å²) in [6, 6.07) is 13.9. The molecule has 3 N–H and O–H groups in total. The fourth-order valence-electron chi connectivity index (χ4n) is 4.37. The number of nitrogens with one attached hydrogen (secondary N) is 3. The van der Waals surface area contributed by atoms with Gasteiger partial charge in [-0.25, -0.2) is 0 Å². The lowest BCUT2D eigenvalue weighted by atomic mass is 10.1. The number of carbonyl (C=O) groups excluding carboxylic acids is 1. The third-order valence-electron chi connectivity index (χ3n) is 6.13. The van der Waals surface area contributed by atoms with Gasteiger partial charge in [0.25, 0.3) is 5.91 Å². The van der Waals surface area contributed by atoms with E-state index in [9.17, 15) is 18.0 Å². The Kier molecular flexibility index (Phi) is 7.34. The Morgan fingerprint density at radius 1 is 1.15 bits per heavy atom. The lowest BCUT2D eigenvalue weighted by molar-refractivity contribution is -0.274. The number of ether oxygens (including phenoxy) is 2. The van der Waals surface area contributed by atoms with Gasteiger partial charge < -0.3 is 30.0 Å².